The largest absolute Gasteiger partial charge is 0.462 e. The lowest BCUT2D eigenvalue weighted by Gasteiger charge is -2.55. The number of hydrogen-bond donors (Lipinski definition) is 0. The van der Waals surface area contributed by atoms with Crippen LogP contribution < -0.4 is 0 Å². The van der Waals surface area contributed by atoms with Crippen molar-refractivity contribution < 1.29 is 38.2 Å². The molecule has 286 valence electrons. The van der Waals surface area contributed by atoms with Crippen LogP contribution in [-0.2, 0) is 38.2 Å². The molecule has 0 aromatic rings. The third-order valence-corrected chi connectivity index (χ3v) is 16.6. The van der Waals surface area contributed by atoms with E-state index in [1.54, 1.807) is 12.2 Å². The average Bonchev–Trinajstić information content (AvgIpc) is 3.67. The molecule has 0 aliphatic heterocycles. The first-order valence-electron chi connectivity index (χ1n) is 21.0. The van der Waals surface area contributed by atoms with E-state index in [1.165, 1.54) is 5.57 Å². The highest BCUT2D eigenvalue weighted by Gasteiger charge is 2.63. The predicted octanol–water partition coefficient (Wildman–Crippen LogP) is 7.82. The summed E-state index contributed by atoms with van der Waals surface area (Å²) < 4.78 is 11.7. The number of carbonyl (C=O) groups is 6. The minimum absolute atomic E-state index is 0.00833. The van der Waals surface area contributed by atoms with E-state index in [-0.39, 0.29) is 78.0 Å². The normalized spacial score (nSPS) is 42.5. The Balaban J connectivity index is 0.804. The van der Waals surface area contributed by atoms with Crippen LogP contribution in [0.3, 0.4) is 0 Å². The van der Waals surface area contributed by atoms with Crippen LogP contribution in [0.25, 0.3) is 0 Å². The number of ketones is 4. The molecule has 8 nitrogen and oxygen atoms in total. The molecule has 6 saturated carbocycles. The minimum atomic E-state index is -0.483. The highest BCUT2D eigenvalue weighted by Crippen LogP contribution is 2.66. The molecule has 0 amide bonds. The van der Waals surface area contributed by atoms with Gasteiger partial charge in [-0.1, -0.05) is 38.0 Å². The number of rotatable bonds is 9. The van der Waals surface area contributed by atoms with E-state index in [0.29, 0.717) is 55.1 Å². The fraction of sp³-hybridized carbons (Fsp3) is 0.733. The van der Waals surface area contributed by atoms with Gasteiger partial charge in [-0.05, 0) is 143 Å². The molecular formula is C45H58O8. The molecule has 8 unspecified atom stereocenters. The van der Waals surface area contributed by atoms with Crippen LogP contribution in [-0.4, -0.2) is 47.8 Å². The number of esters is 2. The van der Waals surface area contributed by atoms with Gasteiger partial charge in [-0.15, -0.1) is 0 Å². The number of carbonyl (C=O) groups excluding carboxylic acids is 6. The van der Waals surface area contributed by atoms with E-state index >= 15 is 0 Å². The number of allylic oxidation sites excluding steroid dienone is 5. The Morgan fingerprint density at radius 2 is 1.58 bits per heavy atom. The van der Waals surface area contributed by atoms with Gasteiger partial charge in [0, 0.05) is 48.3 Å². The molecule has 8 heteroatoms. The summed E-state index contributed by atoms with van der Waals surface area (Å²) in [4.78, 5) is 77.6. The van der Waals surface area contributed by atoms with Crippen LogP contribution in [0.15, 0.2) is 35.5 Å². The zero-order valence-corrected chi connectivity index (χ0v) is 32.0. The van der Waals surface area contributed by atoms with Crippen LogP contribution in [0.4, 0.5) is 0 Å². The molecule has 0 bridgehead atoms. The first-order valence-corrected chi connectivity index (χ1v) is 21.0. The van der Waals surface area contributed by atoms with E-state index in [1.807, 2.05) is 12.2 Å². The first kappa shape index (κ1) is 36.8. The molecule has 0 N–H and O–H groups in total. The zero-order valence-electron chi connectivity index (χ0n) is 32.0. The van der Waals surface area contributed by atoms with Crippen LogP contribution >= 0.6 is 0 Å². The topological polar surface area (TPSA) is 121 Å². The van der Waals surface area contributed by atoms with E-state index in [2.05, 4.69) is 20.8 Å². The fourth-order valence-electron chi connectivity index (χ4n) is 14.3. The third kappa shape index (κ3) is 6.07. The van der Waals surface area contributed by atoms with Gasteiger partial charge in [-0.3, -0.25) is 28.8 Å². The number of Topliss-reactive ketones (excluding diaryl/α,β-unsaturated/α-hetero) is 2. The van der Waals surface area contributed by atoms with Crippen LogP contribution in [0, 0.1) is 63.6 Å². The van der Waals surface area contributed by atoms with Crippen molar-refractivity contribution in [3.05, 3.63) is 35.5 Å². The maximum absolute atomic E-state index is 13.9. The summed E-state index contributed by atoms with van der Waals surface area (Å²) in [6.45, 7) is 6.14. The highest BCUT2D eigenvalue weighted by atomic mass is 16.5. The van der Waals surface area contributed by atoms with Gasteiger partial charge in [0.25, 0.3) is 0 Å². The summed E-state index contributed by atoms with van der Waals surface area (Å²) in [5.74, 6) is 1.90. The third-order valence-electron chi connectivity index (χ3n) is 16.6. The van der Waals surface area contributed by atoms with Gasteiger partial charge in [-0.25, -0.2) is 0 Å². The molecule has 8 aliphatic rings. The maximum atomic E-state index is 13.9. The SMILES string of the molecule is CC[C@]12CCC3C4CCC(=O)C=C4CCC3C1CC[C@@H]2OC(=O)CCCC(=O)OCC(=O)[C@H]1CCC2C3CCC4=CC(=O)C=CC4(C)C3C(=O)C[C@@]21C. The number of fused-ring (bicyclic) bond motifs is 10. The summed E-state index contributed by atoms with van der Waals surface area (Å²) >= 11 is 0. The molecule has 0 aromatic carbocycles. The molecule has 8 rings (SSSR count). The lowest BCUT2D eigenvalue weighted by atomic mass is 9.47. The summed E-state index contributed by atoms with van der Waals surface area (Å²) in [5.41, 5.74) is 1.57. The Morgan fingerprint density at radius 1 is 0.811 bits per heavy atom. The van der Waals surface area contributed by atoms with Gasteiger partial charge >= 0.3 is 11.9 Å². The molecule has 6 fully saturated rings. The summed E-state index contributed by atoms with van der Waals surface area (Å²) in [5, 5.41) is 0. The highest BCUT2D eigenvalue weighted by molar-refractivity contribution is 6.02. The summed E-state index contributed by atoms with van der Waals surface area (Å²) in [6.07, 6.45) is 20.2. The lowest BCUT2D eigenvalue weighted by molar-refractivity contribution is -0.161. The van der Waals surface area contributed by atoms with Crippen LogP contribution in [0.2, 0.25) is 0 Å². The first-order chi connectivity index (χ1) is 25.4. The Bertz CT molecular complexity index is 1680. The maximum Gasteiger partial charge on any atom is 0.306 e. The average molecular weight is 727 g/mol. The van der Waals surface area contributed by atoms with Gasteiger partial charge < -0.3 is 9.47 Å². The second-order valence-corrected chi connectivity index (χ2v) is 18.7. The Morgan fingerprint density at radius 3 is 2.40 bits per heavy atom. The van der Waals surface area contributed by atoms with Crippen LogP contribution in [0.5, 0.6) is 0 Å². The number of ether oxygens (including phenoxy) is 2. The quantitative estimate of drug-likeness (QED) is 0.221. The van der Waals surface area contributed by atoms with E-state index in [0.717, 1.165) is 76.2 Å². The Kier molecular flexibility index (Phi) is 9.62. The monoisotopic (exact) mass is 726 g/mol. The molecule has 0 saturated heterocycles. The summed E-state index contributed by atoms with van der Waals surface area (Å²) in [7, 11) is 0. The van der Waals surface area contributed by atoms with Crippen molar-refractivity contribution in [2.24, 2.45) is 63.6 Å². The Labute approximate surface area is 314 Å². The number of hydrogen-bond acceptors (Lipinski definition) is 8. The van der Waals surface area contributed by atoms with Gasteiger partial charge in [-0.2, -0.15) is 0 Å². The van der Waals surface area contributed by atoms with Crippen molar-refractivity contribution in [1.29, 1.82) is 0 Å². The van der Waals surface area contributed by atoms with Crippen LogP contribution in [0.1, 0.15) is 130 Å². The van der Waals surface area contributed by atoms with E-state index in [4.69, 9.17) is 9.47 Å². The zero-order chi connectivity index (χ0) is 37.3. The van der Waals surface area contributed by atoms with Gasteiger partial charge in [0.1, 0.15) is 18.5 Å². The standard InChI is InChI=1S/C45H58O8/c1-4-45-21-19-31-30-13-10-28(46)22-26(30)8-11-32(31)35(45)16-17-39(45)53-41(51)7-5-6-40(50)52-25-38(49)36-15-14-34-33-12-9-27-23-29(47)18-20-43(27,2)42(33)37(48)24-44(34,36)3/h18,20,22-23,30-36,39,42H,4-17,19,21,24-25H2,1-3H3/t30?,31?,32?,33?,34?,35?,36-,39+,42?,43?,44+,45+/m1/s1. The molecule has 0 radical (unpaired) electrons. The predicted molar refractivity (Wildman–Crippen MR) is 197 cm³/mol. The van der Waals surface area contributed by atoms with Crippen molar-refractivity contribution in [2.45, 2.75) is 136 Å². The molecule has 0 aromatic heterocycles. The molecule has 12 atom stereocenters. The Hall–Kier alpha value is -3.16. The van der Waals surface area contributed by atoms with Crippen molar-refractivity contribution in [3.8, 4) is 0 Å². The van der Waals surface area contributed by atoms with Crippen molar-refractivity contribution >= 4 is 35.1 Å². The van der Waals surface area contributed by atoms with Crippen molar-refractivity contribution in [1.82, 2.24) is 0 Å². The smallest absolute Gasteiger partial charge is 0.306 e. The fourth-order valence-corrected chi connectivity index (χ4v) is 14.3. The molecule has 53 heavy (non-hydrogen) atoms. The lowest BCUT2D eigenvalue weighted by Crippen LogP contribution is -2.54. The molecule has 0 heterocycles. The van der Waals surface area contributed by atoms with Gasteiger partial charge in [0.05, 0.1) is 0 Å². The van der Waals surface area contributed by atoms with Crippen molar-refractivity contribution in [3.63, 3.8) is 0 Å². The van der Waals surface area contributed by atoms with Gasteiger partial charge in [0.15, 0.2) is 17.3 Å². The van der Waals surface area contributed by atoms with Crippen molar-refractivity contribution in [2.75, 3.05) is 6.61 Å². The second kappa shape index (κ2) is 13.8. The molecular weight excluding hydrogens is 668 g/mol. The minimum Gasteiger partial charge on any atom is -0.462 e. The van der Waals surface area contributed by atoms with E-state index < -0.39 is 16.8 Å². The molecule has 0 spiro atoms. The molecule has 8 aliphatic carbocycles. The van der Waals surface area contributed by atoms with E-state index in [9.17, 15) is 28.8 Å². The second-order valence-electron chi connectivity index (χ2n) is 18.7. The van der Waals surface area contributed by atoms with Gasteiger partial charge in [0.2, 0.25) is 0 Å². The summed E-state index contributed by atoms with van der Waals surface area (Å²) in [6, 6.07) is 0.